The third-order valence-electron chi connectivity index (χ3n) is 4.46. The number of halogens is 5. The zero-order valence-corrected chi connectivity index (χ0v) is 24.5. The second-order valence-electron chi connectivity index (χ2n) is 6.77. The van der Waals surface area contributed by atoms with E-state index in [0.717, 1.165) is 36.3 Å². The molecule has 37 heavy (non-hydrogen) atoms. The zero-order chi connectivity index (χ0) is 25.5. The maximum absolute atomic E-state index is 14.0. The molecule has 0 spiro atoms. The average Bonchev–Trinajstić information content (AvgIpc) is 3.22. The van der Waals surface area contributed by atoms with Gasteiger partial charge < -0.3 is 29.1 Å². The van der Waals surface area contributed by atoms with Crippen molar-refractivity contribution < 1.29 is 100 Å². The summed E-state index contributed by atoms with van der Waals surface area (Å²) in [5.41, 5.74) is -0.0506. The molecule has 0 radical (unpaired) electrons. The van der Waals surface area contributed by atoms with E-state index in [9.17, 15) is 41.1 Å². The SMILES string of the molecule is O=c1[nH]cnc2c(Sc3ccc(Oc4c(F)c(F)c(F)c(F)c4F)cc3/C=C/P(=O)([O-])[O-])c[nH]c12.[Na+].[Na+]. The van der Waals surface area contributed by atoms with Crippen LogP contribution in [0.4, 0.5) is 22.0 Å². The van der Waals surface area contributed by atoms with Gasteiger partial charge in [0.15, 0.2) is 0 Å². The summed E-state index contributed by atoms with van der Waals surface area (Å²) >= 11 is 0.973. The number of aromatic amines is 2. The van der Waals surface area contributed by atoms with Crippen LogP contribution in [0.3, 0.4) is 0 Å². The van der Waals surface area contributed by atoms with Gasteiger partial charge in [0.25, 0.3) is 5.56 Å². The number of aromatic nitrogens is 3. The molecular weight excluding hydrogens is 566 g/mol. The molecule has 0 saturated heterocycles. The second-order valence-corrected chi connectivity index (χ2v) is 9.23. The first-order valence-electron chi connectivity index (χ1n) is 9.23. The molecule has 0 unspecified atom stereocenters. The summed E-state index contributed by atoms with van der Waals surface area (Å²) < 4.78 is 84.2. The Hall–Kier alpha value is -1.45. The Labute approximate surface area is 252 Å². The largest absolute Gasteiger partial charge is 1.00 e. The number of nitrogens with one attached hydrogen (secondary N) is 2. The number of nitrogens with zero attached hydrogens (tertiary/aromatic N) is 1. The molecule has 0 aliphatic rings. The Morgan fingerprint density at radius 2 is 1.57 bits per heavy atom. The summed E-state index contributed by atoms with van der Waals surface area (Å²) in [5, 5.41) is 0. The predicted octanol–water partition coefficient (Wildman–Crippen LogP) is -2.22. The Morgan fingerprint density at radius 1 is 0.946 bits per heavy atom. The van der Waals surface area contributed by atoms with Crippen LogP contribution in [0.15, 0.2) is 51.1 Å². The molecule has 0 aliphatic carbocycles. The number of rotatable bonds is 6. The molecule has 0 amide bonds. The minimum absolute atomic E-state index is 0. The quantitative estimate of drug-likeness (QED) is 0.0876. The van der Waals surface area contributed by atoms with E-state index in [1.807, 2.05) is 0 Å². The molecule has 4 aromatic rings. The third-order valence-corrected chi connectivity index (χ3v) is 6.10. The first kappa shape index (κ1) is 31.8. The van der Waals surface area contributed by atoms with Crippen molar-refractivity contribution in [3.05, 3.63) is 81.5 Å². The van der Waals surface area contributed by atoms with Crippen LogP contribution in [-0.2, 0) is 4.57 Å². The van der Waals surface area contributed by atoms with Gasteiger partial charge in [-0.3, -0.25) is 4.79 Å². The van der Waals surface area contributed by atoms with E-state index in [-0.39, 0.29) is 80.6 Å². The van der Waals surface area contributed by atoms with Crippen LogP contribution in [0.25, 0.3) is 17.1 Å². The number of benzene rings is 2. The monoisotopic (exact) mass is 575 g/mol. The van der Waals surface area contributed by atoms with Gasteiger partial charge in [0.1, 0.15) is 16.8 Å². The molecule has 0 fully saturated rings. The van der Waals surface area contributed by atoms with Crippen LogP contribution in [0.5, 0.6) is 11.5 Å². The normalized spacial score (nSPS) is 11.4. The van der Waals surface area contributed by atoms with Crippen LogP contribution >= 0.6 is 19.4 Å². The van der Waals surface area contributed by atoms with E-state index in [0.29, 0.717) is 10.7 Å². The van der Waals surface area contributed by atoms with Gasteiger partial charge in [-0.15, -0.1) is 0 Å². The van der Waals surface area contributed by atoms with Gasteiger partial charge in [0, 0.05) is 11.1 Å². The minimum atomic E-state index is -5.14. The third kappa shape index (κ3) is 6.95. The molecule has 2 N–H and O–H groups in total. The molecule has 2 aromatic heterocycles. The summed E-state index contributed by atoms with van der Waals surface area (Å²) in [6, 6.07) is 3.40. The predicted molar refractivity (Wildman–Crippen MR) is 110 cm³/mol. The standard InChI is InChI=1S/C20H11F5N3O5PS.2Na/c21-12-13(22)15(24)19(16(25)14(12)23)33-9-1-2-10(8(5-9)3-4-34(30,31)32)35-11-6-26-18-17(11)27-7-28-20(18)29;;/h1-7,26H,(H,27,28,29)(H2,30,31,32);;/q;2*+1/p-2/b4-3+;;. The minimum Gasteiger partial charge on any atom is -0.808 e. The Morgan fingerprint density at radius 3 is 2.19 bits per heavy atom. The van der Waals surface area contributed by atoms with Gasteiger partial charge in [-0.05, 0) is 31.4 Å². The fourth-order valence-corrected chi connectivity index (χ4v) is 4.23. The number of ether oxygens (including phenoxy) is 1. The average molecular weight is 575 g/mol. The Balaban J connectivity index is 0.00000241. The molecule has 17 heteroatoms. The van der Waals surface area contributed by atoms with Gasteiger partial charge in [0.2, 0.25) is 34.8 Å². The number of hydrogen-bond acceptors (Lipinski definition) is 7. The van der Waals surface area contributed by atoms with Crippen molar-refractivity contribution in [2.75, 3.05) is 0 Å². The first-order valence-corrected chi connectivity index (χ1v) is 11.7. The van der Waals surface area contributed by atoms with Gasteiger partial charge >= 0.3 is 59.1 Å². The van der Waals surface area contributed by atoms with Crippen molar-refractivity contribution >= 4 is 36.5 Å². The summed E-state index contributed by atoms with van der Waals surface area (Å²) in [6.45, 7) is 0. The van der Waals surface area contributed by atoms with Crippen molar-refractivity contribution in [1.82, 2.24) is 15.0 Å². The molecule has 0 bridgehead atoms. The van der Waals surface area contributed by atoms with Gasteiger partial charge in [0.05, 0.1) is 11.2 Å². The molecule has 0 atom stereocenters. The van der Waals surface area contributed by atoms with E-state index in [1.165, 1.54) is 12.3 Å². The van der Waals surface area contributed by atoms with E-state index >= 15 is 0 Å². The second kappa shape index (κ2) is 12.6. The fraction of sp³-hybridized carbons (Fsp3) is 0. The summed E-state index contributed by atoms with van der Waals surface area (Å²) in [4.78, 5) is 43.9. The van der Waals surface area contributed by atoms with Gasteiger partial charge in [-0.2, -0.15) is 8.78 Å². The van der Waals surface area contributed by atoms with Crippen LogP contribution in [0.2, 0.25) is 0 Å². The van der Waals surface area contributed by atoms with Crippen LogP contribution in [0, 0.1) is 29.1 Å². The number of H-pyrrole nitrogens is 2. The smallest absolute Gasteiger partial charge is 0.808 e. The van der Waals surface area contributed by atoms with Crippen molar-refractivity contribution in [1.29, 1.82) is 0 Å². The molecular formula is C20H9F5N3Na2O5PS. The number of fused-ring (bicyclic) bond motifs is 1. The first-order chi connectivity index (χ1) is 16.5. The molecule has 8 nitrogen and oxygen atoms in total. The Kier molecular flexibility index (Phi) is 10.8. The van der Waals surface area contributed by atoms with Crippen molar-refractivity contribution in [2.24, 2.45) is 0 Å². The molecule has 4 rings (SSSR count). The summed E-state index contributed by atoms with van der Waals surface area (Å²) in [6.07, 6.45) is 3.47. The van der Waals surface area contributed by atoms with E-state index in [4.69, 9.17) is 4.74 Å². The van der Waals surface area contributed by atoms with Gasteiger partial charge in [-0.25, -0.2) is 18.2 Å². The molecule has 182 valence electrons. The molecule has 0 saturated carbocycles. The molecule has 2 heterocycles. The number of hydrogen-bond donors (Lipinski definition) is 2. The molecule has 2 aromatic carbocycles. The molecule has 0 aliphatic heterocycles. The van der Waals surface area contributed by atoms with Crippen LogP contribution in [0.1, 0.15) is 5.56 Å². The van der Waals surface area contributed by atoms with E-state index in [2.05, 4.69) is 15.0 Å². The topological polar surface area (TPSA) is 134 Å². The van der Waals surface area contributed by atoms with E-state index in [1.54, 1.807) is 0 Å². The van der Waals surface area contributed by atoms with Crippen molar-refractivity contribution in [3.63, 3.8) is 0 Å². The van der Waals surface area contributed by atoms with Crippen LogP contribution in [-0.4, -0.2) is 15.0 Å². The maximum Gasteiger partial charge on any atom is 1.00 e. The van der Waals surface area contributed by atoms with Gasteiger partial charge in [-0.1, -0.05) is 23.7 Å². The summed E-state index contributed by atoms with van der Waals surface area (Å²) in [7, 11) is -5.14. The zero-order valence-electron chi connectivity index (χ0n) is 18.8. The van der Waals surface area contributed by atoms with Crippen molar-refractivity contribution in [2.45, 2.75) is 9.79 Å². The van der Waals surface area contributed by atoms with Crippen molar-refractivity contribution in [3.8, 4) is 11.5 Å². The Bertz CT molecular complexity index is 1580. The van der Waals surface area contributed by atoms with Crippen LogP contribution < -0.4 is 79.2 Å². The fourth-order valence-electron chi connectivity index (χ4n) is 2.90. The van der Waals surface area contributed by atoms with E-state index < -0.39 is 53.7 Å². The maximum atomic E-state index is 14.0. The summed E-state index contributed by atoms with van der Waals surface area (Å²) in [5.74, 6) is -12.9.